The summed E-state index contributed by atoms with van der Waals surface area (Å²) in [4.78, 5) is 16.6. The highest BCUT2D eigenvalue weighted by atomic mass is 19.4. The second-order valence-corrected chi connectivity index (χ2v) is 11.5. The maximum atomic E-state index is 14.0. The fourth-order valence-electron chi connectivity index (χ4n) is 7.04. The minimum absolute atomic E-state index is 0.0410. The molecule has 0 aromatic heterocycles. The van der Waals surface area contributed by atoms with Gasteiger partial charge in [-0.2, -0.15) is 0 Å². The lowest BCUT2D eigenvalue weighted by molar-refractivity contribution is -0.275. The number of hydrogen-bond acceptors (Lipinski definition) is 5. The molecule has 0 N–H and O–H groups in total. The number of hydrogen-bond donors (Lipinski definition) is 0. The minimum Gasteiger partial charge on any atom is -0.497 e. The van der Waals surface area contributed by atoms with E-state index in [1.165, 1.54) is 17.2 Å². The molecule has 2 aromatic rings. The Labute approximate surface area is 251 Å². The molecule has 1 heterocycles. The van der Waals surface area contributed by atoms with Crippen LogP contribution in [0.4, 0.5) is 17.6 Å². The van der Waals surface area contributed by atoms with Crippen molar-refractivity contribution in [3.8, 4) is 17.2 Å². The van der Waals surface area contributed by atoms with Crippen LogP contribution < -0.4 is 14.2 Å². The standard InChI is InChI=1S/C33H42F4N2O4/c1-6-8-24-17-25-18-26(41-4)19-30(42-5)31(25)22(3)15-27(24)32(39(7-2)21-40)11-13-38(14-12-32)20-23-9-10-28(34)29(16-23)43-33(35,36)37/h9-10,15-16,18-19,21-22,24H,6-8,11-14,17,20H2,1-5H3/t22-,24?/m0/s1. The Bertz CT molecular complexity index is 1300. The van der Waals surface area contributed by atoms with Gasteiger partial charge in [0.05, 0.1) is 19.8 Å². The van der Waals surface area contributed by atoms with Gasteiger partial charge in [-0.1, -0.05) is 32.4 Å². The van der Waals surface area contributed by atoms with E-state index in [4.69, 9.17) is 9.47 Å². The summed E-state index contributed by atoms with van der Waals surface area (Å²) in [5.74, 6) is -0.118. The van der Waals surface area contributed by atoms with Crippen LogP contribution in [-0.4, -0.2) is 62.0 Å². The van der Waals surface area contributed by atoms with E-state index in [-0.39, 0.29) is 11.8 Å². The van der Waals surface area contributed by atoms with Gasteiger partial charge in [-0.3, -0.25) is 9.69 Å². The number of allylic oxidation sites excluding steroid dienone is 1. The zero-order valence-electron chi connectivity index (χ0n) is 25.6. The third-order valence-electron chi connectivity index (χ3n) is 8.95. The van der Waals surface area contributed by atoms with Crippen LogP contribution >= 0.6 is 0 Å². The molecule has 10 heteroatoms. The van der Waals surface area contributed by atoms with E-state index < -0.39 is 23.5 Å². The van der Waals surface area contributed by atoms with Crippen molar-refractivity contribution in [2.45, 2.75) is 77.2 Å². The summed E-state index contributed by atoms with van der Waals surface area (Å²) in [5.41, 5.74) is 3.60. The van der Waals surface area contributed by atoms with E-state index in [9.17, 15) is 22.4 Å². The lowest BCUT2D eigenvalue weighted by Gasteiger charge is -2.50. The predicted molar refractivity (Wildman–Crippen MR) is 157 cm³/mol. The highest BCUT2D eigenvalue weighted by molar-refractivity contribution is 5.55. The Morgan fingerprint density at radius 3 is 2.37 bits per heavy atom. The van der Waals surface area contributed by atoms with Crippen molar-refractivity contribution in [3.63, 3.8) is 0 Å². The summed E-state index contributed by atoms with van der Waals surface area (Å²) in [6.45, 7) is 8.45. The highest BCUT2D eigenvalue weighted by Crippen LogP contribution is 2.47. The molecule has 6 nitrogen and oxygen atoms in total. The van der Waals surface area contributed by atoms with E-state index in [1.54, 1.807) is 14.2 Å². The van der Waals surface area contributed by atoms with Crippen molar-refractivity contribution in [1.29, 1.82) is 0 Å². The number of benzene rings is 2. The zero-order chi connectivity index (χ0) is 31.4. The molecule has 1 saturated heterocycles. The average Bonchev–Trinajstić information content (AvgIpc) is 3.11. The van der Waals surface area contributed by atoms with Crippen LogP contribution in [0.1, 0.15) is 69.1 Å². The van der Waals surface area contributed by atoms with E-state index in [2.05, 4.69) is 35.6 Å². The van der Waals surface area contributed by atoms with Crippen LogP contribution in [0.15, 0.2) is 42.0 Å². The number of amides is 1. The molecule has 1 amide bonds. The molecule has 1 aliphatic heterocycles. The number of methoxy groups -OCH3 is 2. The maximum absolute atomic E-state index is 14.0. The summed E-state index contributed by atoms with van der Waals surface area (Å²) >= 11 is 0. The van der Waals surface area contributed by atoms with Crippen molar-refractivity contribution in [3.05, 3.63) is 64.5 Å². The Hall–Kier alpha value is -3.27. The van der Waals surface area contributed by atoms with Gasteiger partial charge >= 0.3 is 6.36 Å². The predicted octanol–water partition coefficient (Wildman–Crippen LogP) is 7.26. The van der Waals surface area contributed by atoms with E-state index >= 15 is 0 Å². The van der Waals surface area contributed by atoms with Gasteiger partial charge in [-0.05, 0) is 73.4 Å². The van der Waals surface area contributed by atoms with Crippen molar-refractivity contribution in [1.82, 2.24) is 9.80 Å². The molecule has 1 aliphatic carbocycles. The second-order valence-electron chi connectivity index (χ2n) is 11.5. The Morgan fingerprint density at radius 1 is 1.07 bits per heavy atom. The van der Waals surface area contributed by atoms with Crippen LogP contribution in [0.5, 0.6) is 17.2 Å². The second kappa shape index (κ2) is 13.6. The molecule has 2 atom stereocenters. The fourth-order valence-corrected chi connectivity index (χ4v) is 7.04. The molecule has 236 valence electrons. The number of alkyl halides is 3. The summed E-state index contributed by atoms with van der Waals surface area (Å²) in [6, 6.07) is 7.61. The number of likely N-dealkylation sites (N-methyl/N-ethyl adjacent to an activating group) is 1. The van der Waals surface area contributed by atoms with Crippen molar-refractivity contribution >= 4 is 6.41 Å². The number of rotatable bonds is 11. The molecule has 2 aromatic carbocycles. The molecule has 0 bridgehead atoms. The zero-order valence-corrected chi connectivity index (χ0v) is 25.6. The summed E-state index contributed by atoms with van der Waals surface area (Å²) in [6.07, 6.45) is 2.38. The van der Waals surface area contributed by atoms with Crippen LogP contribution in [0.3, 0.4) is 0 Å². The number of ether oxygens (including phenoxy) is 3. The summed E-state index contributed by atoms with van der Waals surface area (Å²) < 4.78 is 67.6. The summed E-state index contributed by atoms with van der Waals surface area (Å²) in [5, 5.41) is 0. The first kappa shape index (κ1) is 32.6. The van der Waals surface area contributed by atoms with Crippen molar-refractivity contribution in [2.75, 3.05) is 33.9 Å². The molecule has 1 fully saturated rings. The largest absolute Gasteiger partial charge is 0.573 e. The van der Waals surface area contributed by atoms with Gasteiger partial charge < -0.3 is 19.1 Å². The SMILES string of the molecule is CCCC1Cc2cc(OC)cc(OC)c2[C@@H](C)C=C1C1(N(C=O)CC)CCN(Cc2ccc(F)c(OC(F)(F)F)c2)CC1. The normalized spacial score (nSPS) is 20.4. The number of nitrogens with zero attached hydrogens (tertiary/aromatic N) is 2. The van der Waals surface area contributed by atoms with Crippen molar-refractivity contribution in [2.24, 2.45) is 5.92 Å². The first-order chi connectivity index (χ1) is 20.5. The van der Waals surface area contributed by atoms with Gasteiger partial charge in [0.15, 0.2) is 11.6 Å². The molecule has 2 aliphatic rings. The number of carbonyl (C=O) groups excluding carboxylic acids is 1. The minimum atomic E-state index is -4.98. The van der Waals surface area contributed by atoms with Crippen LogP contribution in [0.25, 0.3) is 0 Å². The van der Waals surface area contributed by atoms with Crippen molar-refractivity contribution < 1.29 is 36.6 Å². The molecule has 1 unspecified atom stereocenters. The van der Waals surface area contributed by atoms with Gasteiger partial charge in [0.1, 0.15) is 11.5 Å². The van der Waals surface area contributed by atoms with Crippen LogP contribution in [0.2, 0.25) is 0 Å². The number of halogens is 4. The average molecular weight is 607 g/mol. The molecule has 43 heavy (non-hydrogen) atoms. The van der Waals surface area contributed by atoms with Crippen LogP contribution in [-0.2, 0) is 17.8 Å². The molecule has 0 saturated carbocycles. The Kier molecular flexibility index (Phi) is 10.3. The molecule has 0 radical (unpaired) electrons. The van der Waals surface area contributed by atoms with Gasteiger partial charge in [-0.25, -0.2) is 4.39 Å². The molecule has 0 spiro atoms. The Morgan fingerprint density at radius 2 is 1.79 bits per heavy atom. The quantitative estimate of drug-likeness (QED) is 0.153. The van der Waals surface area contributed by atoms with Gasteiger partial charge in [0, 0.05) is 43.7 Å². The number of piperidine rings is 1. The molecule has 4 rings (SSSR count). The van der Waals surface area contributed by atoms with E-state index in [1.807, 2.05) is 17.9 Å². The fraction of sp³-hybridized carbons (Fsp3) is 0.545. The van der Waals surface area contributed by atoms with E-state index in [0.717, 1.165) is 54.9 Å². The first-order valence-electron chi connectivity index (χ1n) is 14.9. The molecular formula is C33H42F4N2O4. The first-order valence-corrected chi connectivity index (χ1v) is 14.9. The van der Waals surface area contributed by atoms with E-state index in [0.29, 0.717) is 44.6 Å². The highest BCUT2D eigenvalue weighted by Gasteiger charge is 2.45. The van der Waals surface area contributed by atoms with Gasteiger partial charge in [0.25, 0.3) is 0 Å². The number of likely N-dealkylation sites (tertiary alicyclic amines) is 1. The third-order valence-corrected chi connectivity index (χ3v) is 8.95. The summed E-state index contributed by atoms with van der Waals surface area (Å²) in [7, 11) is 3.32. The maximum Gasteiger partial charge on any atom is 0.573 e. The lowest BCUT2D eigenvalue weighted by Crippen LogP contribution is -2.57. The number of fused-ring (bicyclic) bond motifs is 1. The molecular weight excluding hydrogens is 564 g/mol. The lowest BCUT2D eigenvalue weighted by atomic mass is 9.71. The smallest absolute Gasteiger partial charge is 0.497 e. The topological polar surface area (TPSA) is 51.2 Å². The third kappa shape index (κ3) is 7.11. The van der Waals surface area contributed by atoms with Gasteiger partial charge in [0.2, 0.25) is 6.41 Å². The monoisotopic (exact) mass is 606 g/mol. The van der Waals surface area contributed by atoms with Gasteiger partial charge in [-0.15, -0.1) is 13.2 Å². The number of carbonyl (C=O) groups is 1. The Balaban J connectivity index is 1.66. The van der Waals surface area contributed by atoms with Crippen LogP contribution in [0, 0.1) is 11.7 Å².